The van der Waals surface area contributed by atoms with Gasteiger partial charge in [0.25, 0.3) is 0 Å². The lowest BCUT2D eigenvalue weighted by atomic mass is 10.1. The minimum atomic E-state index is -0.270. The molecule has 1 unspecified atom stereocenters. The molecule has 1 N–H and O–H groups in total. The predicted octanol–water partition coefficient (Wildman–Crippen LogP) is 3.59. The van der Waals surface area contributed by atoms with Gasteiger partial charge in [-0.2, -0.15) is 0 Å². The third kappa shape index (κ3) is 3.01. The molecule has 0 fully saturated rings. The number of ether oxygens (including phenoxy) is 1. The van der Waals surface area contributed by atoms with E-state index in [-0.39, 0.29) is 17.0 Å². The second-order valence-electron chi connectivity index (χ2n) is 4.14. The van der Waals surface area contributed by atoms with E-state index >= 15 is 0 Å². The van der Waals surface area contributed by atoms with Gasteiger partial charge >= 0.3 is 5.97 Å². The lowest BCUT2D eigenvalue weighted by molar-refractivity contribution is -0.142. The summed E-state index contributed by atoms with van der Waals surface area (Å²) in [7, 11) is 0. The normalized spacial score (nSPS) is 12.3. The molecule has 3 nitrogen and oxygen atoms in total. The summed E-state index contributed by atoms with van der Waals surface area (Å²) in [6.45, 7) is 4.01. The molecule has 1 atom stereocenters. The molecule has 2 aromatic rings. The molecule has 2 rings (SSSR count). The number of benzene rings is 2. The van der Waals surface area contributed by atoms with Gasteiger partial charge in [0.15, 0.2) is 0 Å². The highest BCUT2D eigenvalue weighted by atomic mass is 32.2. The quantitative estimate of drug-likeness (QED) is 0.684. The zero-order chi connectivity index (χ0) is 13.8. The first-order valence-electron chi connectivity index (χ1n) is 6.17. The van der Waals surface area contributed by atoms with Crippen LogP contribution in [0, 0.1) is 0 Å². The molecule has 0 saturated carbocycles. The average Bonchev–Trinajstić information content (AvgIpc) is 2.42. The van der Waals surface area contributed by atoms with Crippen LogP contribution in [-0.4, -0.2) is 22.9 Å². The van der Waals surface area contributed by atoms with Crippen molar-refractivity contribution in [2.45, 2.75) is 24.0 Å². The summed E-state index contributed by atoms with van der Waals surface area (Å²) >= 11 is 1.44. The Morgan fingerprint density at radius 3 is 2.63 bits per heavy atom. The third-order valence-corrected chi connectivity index (χ3v) is 3.94. The van der Waals surface area contributed by atoms with Crippen molar-refractivity contribution in [3.63, 3.8) is 0 Å². The van der Waals surface area contributed by atoms with Gasteiger partial charge in [-0.1, -0.05) is 24.3 Å². The first kappa shape index (κ1) is 13.7. The van der Waals surface area contributed by atoms with Crippen molar-refractivity contribution in [3.8, 4) is 5.75 Å². The highest BCUT2D eigenvalue weighted by Gasteiger charge is 2.17. The molecule has 0 saturated heterocycles. The number of hydrogen-bond donors (Lipinski definition) is 1. The number of esters is 1. The standard InChI is InChI=1S/C15H16O3S/c1-3-18-15(17)10(2)19-14-9-8-13(16)11-6-4-5-7-12(11)14/h4-10,16H,3H2,1-2H3. The Hall–Kier alpha value is -1.68. The predicted molar refractivity (Wildman–Crippen MR) is 77.6 cm³/mol. The number of phenols is 1. The molecule has 100 valence electrons. The van der Waals surface area contributed by atoms with Crippen molar-refractivity contribution >= 4 is 28.5 Å². The van der Waals surface area contributed by atoms with E-state index in [9.17, 15) is 9.90 Å². The fraction of sp³-hybridized carbons (Fsp3) is 0.267. The minimum Gasteiger partial charge on any atom is -0.507 e. The fourth-order valence-corrected chi connectivity index (χ4v) is 2.85. The van der Waals surface area contributed by atoms with Crippen molar-refractivity contribution in [2.75, 3.05) is 6.61 Å². The van der Waals surface area contributed by atoms with Crippen LogP contribution in [0.25, 0.3) is 10.8 Å². The Labute approximate surface area is 116 Å². The maximum Gasteiger partial charge on any atom is 0.319 e. The molecule has 0 spiro atoms. The van der Waals surface area contributed by atoms with E-state index < -0.39 is 0 Å². The van der Waals surface area contributed by atoms with E-state index in [4.69, 9.17) is 4.74 Å². The summed E-state index contributed by atoms with van der Waals surface area (Å²) < 4.78 is 5.00. The second-order valence-corrected chi connectivity index (χ2v) is 5.52. The maximum absolute atomic E-state index is 11.7. The summed E-state index contributed by atoms with van der Waals surface area (Å²) in [5.74, 6) is 0.0355. The van der Waals surface area contributed by atoms with Gasteiger partial charge in [0.1, 0.15) is 11.0 Å². The van der Waals surface area contributed by atoms with Gasteiger partial charge in [0, 0.05) is 10.3 Å². The van der Waals surface area contributed by atoms with E-state index in [1.165, 1.54) is 11.8 Å². The number of fused-ring (bicyclic) bond motifs is 1. The molecule has 0 radical (unpaired) electrons. The van der Waals surface area contributed by atoms with Crippen molar-refractivity contribution in [1.29, 1.82) is 0 Å². The van der Waals surface area contributed by atoms with Crippen molar-refractivity contribution in [2.24, 2.45) is 0 Å². The van der Waals surface area contributed by atoms with Gasteiger partial charge in [-0.3, -0.25) is 4.79 Å². The number of phenolic OH excluding ortho intramolecular Hbond substituents is 1. The first-order chi connectivity index (χ1) is 9.13. The van der Waals surface area contributed by atoms with Gasteiger partial charge < -0.3 is 9.84 Å². The molecule has 0 aliphatic heterocycles. The number of aromatic hydroxyl groups is 1. The number of thioether (sulfide) groups is 1. The molecule has 0 bridgehead atoms. The number of carbonyl (C=O) groups excluding carboxylic acids is 1. The smallest absolute Gasteiger partial charge is 0.319 e. The maximum atomic E-state index is 11.7. The van der Waals surface area contributed by atoms with E-state index in [1.807, 2.05) is 37.3 Å². The van der Waals surface area contributed by atoms with Crippen LogP contribution in [0.15, 0.2) is 41.3 Å². The zero-order valence-corrected chi connectivity index (χ0v) is 11.7. The minimum absolute atomic E-state index is 0.218. The number of carbonyl (C=O) groups is 1. The molecule has 0 heterocycles. The Kier molecular flexibility index (Phi) is 4.32. The molecule has 0 aromatic heterocycles. The average molecular weight is 276 g/mol. The van der Waals surface area contributed by atoms with Gasteiger partial charge in [-0.05, 0) is 31.4 Å². The van der Waals surface area contributed by atoms with Crippen molar-refractivity contribution in [1.82, 2.24) is 0 Å². The summed E-state index contributed by atoms with van der Waals surface area (Å²) in [6.07, 6.45) is 0. The van der Waals surface area contributed by atoms with Crippen LogP contribution >= 0.6 is 11.8 Å². The SMILES string of the molecule is CCOC(=O)C(C)Sc1ccc(O)c2ccccc12. The lowest BCUT2D eigenvalue weighted by Crippen LogP contribution is -2.16. The summed E-state index contributed by atoms with van der Waals surface area (Å²) in [4.78, 5) is 12.6. The monoisotopic (exact) mass is 276 g/mol. The molecule has 0 aliphatic carbocycles. The van der Waals surface area contributed by atoms with Gasteiger partial charge in [0.2, 0.25) is 0 Å². The Bertz CT molecular complexity index is 595. The molecular weight excluding hydrogens is 260 g/mol. The van der Waals surface area contributed by atoms with Gasteiger partial charge in [-0.15, -0.1) is 11.8 Å². The molecule has 19 heavy (non-hydrogen) atoms. The van der Waals surface area contributed by atoms with Crippen LogP contribution in [0.1, 0.15) is 13.8 Å². The van der Waals surface area contributed by atoms with Crippen LogP contribution in [0.4, 0.5) is 0 Å². The van der Waals surface area contributed by atoms with Crippen LogP contribution in [0.5, 0.6) is 5.75 Å². The van der Waals surface area contributed by atoms with Crippen LogP contribution in [0.3, 0.4) is 0 Å². The molecule has 2 aromatic carbocycles. The summed E-state index contributed by atoms with van der Waals surface area (Å²) in [5, 5.41) is 11.3. The highest BCUT2D eigenvalue weighted by Crippen LogP contribution is 2.35. The number of rotatable bonds is 4. The van der Waals surface area contributed by atoms with Crippen molar-refractivity contribution in [3.05, 3.63) is 36.4 Å². The fourth-order valence-electron chi connectivity index (χ4n) is 1.86. The summed E-state index contributed by atoms with van der Waals surface area (Å²) in [6, 6.07) is 11.1. The van der Waals surface area contributed by atoms with Gasteiger partial charge in [0.05, 0.1) is 6.61 Å². The largest absolute Gasteiger partial charge is 0.507 e. The molecule has 0 aliphatic rings. The summed E-state index contributed by atoms with van der Waals surface area (Å²) in [5.41, 5.74) is 0. The van der Waals surface area contributed by atoms with E-state index in [1.54, 1.807) is 13.0 Å². The zero-order valence-electron chi connectivity index (χ0n) is 10.9. The third-order valence-electron chi connectivity index (χ3n) is 2.78. The number of hydrogen-bond acceptors (Lipinski definition) is 4. The van der Waals surface area contributed by atoms with Crippen LogP contribution in [0.2, 0.25) is 0 Å². The topological polar surface area (TPSA) is 46.5 Å². The van der Waals surface area contributed by atoms with Crippen LogP contribution < -0.4 is 0 Å². The molecule has 4 heteroatoms. The Morgan fingerprint density at radius 2 is 1.95 bits per heavy atom. The molecule has 0 amide bonds. The highest BCUT2D eigenvalue weighted by molar-refractivity contribution is 8.00. The lowest BCUT2D eigenvalue weighted by Gasteiger charge is -2.12. The Morgan fingerprint density at radius 1 is 1.26 bits per heavy atom. The molecular formula is C15H16O3S. The van der Waals surface area contributed by atoms with Gasteiger partial charge in [-0.25, -0.2) is 0 Å². The van der Waals surface area contributed by atoms with Crippen LogP contribution in [-0.2, 0) is 9.53 Å². The van der Waals surface area contributed by atoms with Crippen molar-refractivity contribution < 1.29 is 14.6 Å². The Balaban J connectivity index is 2.31. The van der Waals surface area contributed by atoms with E-state index in [2.05, 4.69) is 0 Å². The van der Waals surface area contributed by atoms with E-state index in [0.29, 0.717) is 6.61 Å². The second kappa shape index (κ2) is 5.97. The first-order valence-corrected chi connectivity index (χ1v) is 7.05. The van der Waals surface area contributed by atoms with E-state index in [0.717, 1.165) is 15.7 Å².